The van der Waals surface area contributed by atoms with Crippen LogP contribution >= 0.6 is 11.8 Å². The van der Waals surface area contributed by atoms with Gasteiger partial charge in [0.15, 0.2) is 5.96 Å². The highest BCUT2D eigenvalue weighted by Crippen LogP contribution is 2.07. The zero-order valence-corrected chi connectivity index (χ0v) is 12.9. The fourth-order valence-corrected chi connectivity index (χ4v) is 1.91. The van der Waals surface area contributed by atoms with Crippen LogP contribution < -0.4 is 10.6 Å². The molecular formula is C13H29N3S. The summed E-state index contributed by atoms with van der Waals surface area (Å²) in [4.78, 5) is 4.23. The number of rotatable bonds is 8. The van der Waals surface area contributed by atoms with Crippen LogP contribution in [0.15, 0.2) is 4.99 Å². The van der Waals surface area contributed by atoms with Crippen molar-refractivity contribution in [3.63, 3.8) is 0 Å². The molecule has 0 amide bonds. The van der Waals surface area contributed by atoms with E-state index in [2.05, 4.69) is 42.7 Å². The van der Waals surface area contributed by atoms with Crippen LogP contribution in [0.3, 0.4) is 0 Å². The van der Waals surface area contributed by atoms with Crippen molar-refractivity contribution in [3.05, 3.63) is 0 Å². The van der Waals surface area contributed by atoms with Crippen LogP contribution in [0, 0.1) is 5.92 Å². The van der Waals surface area contributed by atoms with Gasteiger partial charge in [-0.2, -0.15) is 11.8 Å². The number of nitrogens with zero attached hydrogens (tertiary/aromatic N) is 1. The van der Waals surface area contributed by atoms with Crippen LogP contribution in [0.2, 0.25) is 0 Å². The van der Waals surface area contributed by atoms with Gasteiger partial charge in [-0.15, -0.1) is 0 Å². The molecule has 1 unspecified atom stereocenters. The van der Waals surface area contributed by atoms with Crippen LogP contribution in [0.1, 0.15) is 40.0 Å². The van der Waals surface area contributed by atoms with Crippen molar-refractivity contribution in [3.8, 4) is 0 Å². The Labute approximate surface area is 111 Å². The second-order valence-electron chi connectivity index (χ2n) is 4.86. The topological polar surface area (TPSA) is 36.4 Å². The van der Waals surface area contributed by atoms with Crippen molar-refractivity contribution >= 4 is 17.7 Å². The average molecular weight is 259 g/mol. The molecular weight excluding hydrogens is 230 g/mol. The van der Waals surface area contributed by atoms with E-state index in [1.54, 1.807) is 0 Å². The Bertz CT molecular complexity index is 205. The van der Waals surface area contributed by atoms with E-state index < -0.39 is 0 Å². The number of hydrogen-bond acceptors (Lipinski definition) is 2. The molecule has 0 saturated heterocycles. The SMILES string of the molecule is CN=C(NCCSC)NC(C)CCCC(C)C. The summed E-state index contributed by atoms with van der Waals surface area (Å²) >= 11 is 1.84. The molecule has 17 heavy (non-hydrogen) atoms. The third-order valence-corrected chi connectivity index (χ3v) is 3.24. The monoisotopic (exact) mass is 259 g/mol. The van der Waals surface area contributed by atoms with Crippen molar-refractivity contribution in [2.45, 2.75) is 46.1 Å². The molecule has 0 aromatic heterocycles. The molecule has 102 valence electrons. The number of aliphatic imine (C=N–C) groups is 1. The first-order chi connectivity index (χ1) is 8.10. The molecule has 0 aliphatic rings. The molecule has 1 atom stereocenters. The summed E-state index contributed by atoms with van der Waals surface area (Å²) in [6.07, 6.45) is 5.92. The summed E-state index contributed by atoms with van der Waals surface area (Å²) in [5.74, 6) is 2.85. The zero-order chi connectivity index (χ0) is 13.1. The maximum atomic E-state index is 4.23. The largest absolute Gasteiger partial charge is 0.356 e. The predicted molar refractivity (Wildman–Crippen MR) is 81.0 cm³/mol. The number of thioether (sulfide) groups is 1. The molecule has 0 radical (unpaired) electrons. The average Bonchev–Trinajstić information content (AvgIpc) is 2.27. The highest BCUT2D eigenvalue weighted by Gasteiger charge is 2.05. The van der Waals surface area contributed by atoms with Gasteiger partial charge >= 0.3 is 0 Å². The molecule has 0 aliphatic heterocycles. The number of guanidine groups is 1. The summed E-state index contributed by atoms with van der Waals surface area (Å²) in [6.45, 7) is 7.75. The standard InChI is InChI=1S/C13H29N3S/c1-11(2)7-6-8-12(3)16-13(14-4)15-9-10-17-5/h11-12H,6-10H2,1-5H3,(H2,14,15,16). The van der Waals surface area contributed by atoms with Crippen molar-refractivity contribution in [1.82, 2.24) is 10.6 Å². The molecule has 0 rings (SSSR count). The lowest BCUT2D eigenvalue weighted by Crippen LogP contribution is -2.42. The number of hydrogen-bond donors (Lipinski definition) is 2. The smallest absolute Gasteiger partial charge is 0.191 e. The van der Waals surface area contributed by atoms with Gasteiger partial charge in [0.2, 0.25) is 0 Å². The van der Waals surface area contributed by atoms with Crippen LogP contribution in [-0.2, 0) is 0 Å². The molecule has 3 nitrogen and oxygen atoms in total. The second-order valence-corrected chi connectivity index (χ2v) is 5.85. The molecule has 4 heteroatoms. The van der Waals surface area contributed by atoms with Gasteiger partial charge in [0.25, 0.3) is 0 Å². The minimum atomic E-state index is 0.495. The van der Waals surface area contributed by atoms with Crippen molar-refractivity contribution in [2.24, 2.45) is 10.9 Å². The van der Waals surface area contributed by atoms with E-state index in [1.807, 2.05) is 18.8 Å². The summed E-state index contributed by atoms with van der Waals surface area (Å²) in [5.41, 5.74) is 0. The molecule has 2 N–H and O–H groups in total. The van der Waals surface area contributed by atoms with Gasteiger partial charge in [0.05, 0.1) is 0 Å². The van der Waals surface area contributed by atoms with Crippen LogP contribution in [-0.4, -0.2) is 37.6 Å². The maximum Gasteiger partial charge on any atom is 0.191 e. The van der Waals surface area contributed by atoms with Gasteiger partial charge < -0.3 is 10.6 Å². The first-order valence-electron chi connectivity index (χ1n) is 6.56. The van der Waals surface area contributed by atoms with Gasteiger partial charge in [-0.3, -0.25) is 4.99 Å². The summed E-state index contributed by atoms with van der Waals surface area (Å²) in [7, 11) is 1.83. The van der Waals surface area contributed by atoms with E-state index in [0.717, 1.165) is 24.2 Å². The maximum absolute atomic E-state index is 4.23. The van der Waals surface area contributed by atoms with Gasteiger partial charge in [0, 0.05) is 25.4 Å². The highest BCUT2D eigenvalue weighted by molar-refractivity contribution is 7.98. The van der Waals surface area contributed by atoms with E-state index in [9.17, 15) is 0 Å². The van der Waals surface area contributed by atoms with E-state index in [4.69, 9.17) is 0 Å². The summed E-state index contributed by atoms with van der Waals surface area (Å²) in [6, 6.07) is 0.495. The molecule has 0 bridgehead atoms. The van der Waals surface area contributed by atoms with Crippen LogP contribution in [0.25, 0.3) is 0 Å². The Morgan fingerprint density at radius 2 is 1.94 bits per heavy atom. The van der Waals surface area contributed by atoms with Crippen LogP contribution in [0.4, 0.5) is 0 Å². The Hall–Kier alpha value is -0.380. The molecule has 0 fully saturated rings. The highest BCUT2D eigenvalue weighted by atomic mass is 32.2. The van der Waals surface area contributed by atoms with E-state index >= 15 is 0 Å². The van der Waals surface area contributed by atoms with Gasteiger partial charge in [-0.25, -0.2) is 0 Å². The van der Waals surface area contributed by atoms with E-state index in [1.165, 1.54) is 19.3 Å². The third-order valence-electron chi connectivity index (χ3n) is 2.62. The lowest BCUT2D eigenvalue weighted by atomic mass is 10.0. The lowest BCUT2D eigenvalue weighted by Gasteiger charge is -2.18. The van der Waals surface area contributed by atoms with Crippen molar-refractivity contribution in [2.75, 3.05) is 25.6 Å². The zero-order valence-electron chi connectivity index (χ0n) is 12.0. The number of nitrogens with one attached hydrogen (secondary N) is 2. The Kier molecular flexibility index (Phi) is 10.5. The van der Waals surface area contributed by atoms with E-state index in [0.29, 0.717) is 6.04 Å². The quantitative estimate of drug-likeness (QED) is 0.400. The first kappa shape index (κ1) is 16.6. The molecule has 0 saturated carbocycles. The minimum Gasteiger partial charge on any atom is -0.356 e. The summed E-state index contributed by atoms with van der Waals surface area (Å²) < 4.78 is 0. The van der Waals surface area contributed by atoms with Gasteiger partial charge in [0.1, 0.15) is 0 Å². The summed E-state index contributed by atoms with van der Waals surface area (Å²) in [5, 5.41) is 6.75. The second kappa shape index (κ2) is 10.8. The minimum absolute atomic E-state index is 0.495. The Balaban J connectivity index is 3.71. The van der Waals surface area contributed by atoms with E-state index in [-0.39, 0.29) is 0 Å². The van der Waals surface area contributed by atoms with Crippen LogP contribution in [0.5, 0.6) is 0 Å². The fraction of sp³-hybridized carbons (Fsp3) is 0.923. The fourth-order valence-electron chi connectivity index (χ4n) is 1.60. The van der Waals surface area contributed by atoms with Crippen molar-refractivity contribution < 1.29 is 0 Å². The first-order valence-corrected chi connectivity index (χ1v) is 7.95. The molecule has 0 heterocycles. The Morgan fingerprint density at radius 3 is 2.47 bits per heavy atom. The normalized spacial score (nSPS) is 13.9. The predicted octanol–water partition coefficient (Wildman–Crippen LogP) is 2.73. The van der Waals surface area contributed by atoms with Crippen molar-refractivity contribution in [1.29, 1.82) is 0 Å². The Morgan fingerprint density at radius 1 is 1.24 bits per heavy atom. The third kappa shape index (κ3) is 10.5. The molecule has 0 aromatic carbocycles. The molecule has 0 aromatic rings. The van der Waals surface area contributed by atoms with Gasteiger partial charge in [-0.05, 0) is 25.5 Å². The lowest BCUT2D eigenvalue weighted by molar-refractivity contribution is 0.492. The van der Waals surface area contributed by atoms with Gasteiger partial charge in [-0.1, -0.05) is 26.7 Å². The molecule has 0 aliphatic carbocycles. The molecule has 0 spiro atoms.